The highest BCUT2D eigenvalue weighted by Crippen LogP contribution is 2.39. The Kier molecular flexibility index (Phi) is 3.30. The van der Waals surface area contributed by atoms with Crippen molar-refractivity contribution < 1.29 is 9.53 Å². The number of nitrogens with zero attached hydrogens (tertiary/aromatic N) is 1. The quantitative estimate of drug-likeness (QED) is 0.929. The first-order valence-corrected chi connectivity index (χ1v) is 7.06. The van der Waals surface area contributed by atoms with Crippen molar-refractivity contribution in [1.82, 2.24) is 4.98 Å². The van der Waals surface area contributed by atoms with Gasteiger partial charge in [-0.1, -0.05) is 32.0 Å². The first-order chi connectivity index (χ1) is 9.70. The van der Waals surface area contributed by atoms with Crippen LogP contribution in [0.2, 0.25) is 0 Å². The third kappa shape index (κ3) is 2.11. The molecular formula is C16H18N2O2. The minimum absolute atomic E-state index is 0.0224. The number of carbonyl (C=O) groups excluding carboxylic acids is 1. The van der Waals surface area contributed by atoms with E-state index in [0.717, 1.165) is 22.8 Å². The molecule has 0 saturated carbocycles. The van der Waals surface area contributed by atoms with Gasteiger partial charge in [0.05, 0.1) is 6.61 Å². The Bertz CT molecular complexity index is 667. The molecule has 1 N–H and O–H groups in total. The molecule has 4 heteroatoms. The Hall–Kier alpha value is -2.10. The predicted octanol–water partition coefficient (Wildman–Crippen LogP) is 3.47. The number of pyridine rings is 1. The molecule has 0 saturated heterocycles. The lowest BCUT2D eigenvalue weighted by molar-refractivity contribution is -0.116. The molecule has 1 unspecified atom stereocenters. The van der Waals surface area contributed by atoms with Crippen LogP contribution < -0.4 is 10.1 Å². The number of anilines is 1. The molecule has 2 heterocycles. The van der Waals surface area contributed by atoms with E-state index < -0.39 is 0 Å². The fourth-order valence-electron chi connectivity index (χ4n) is 2.72. The third-order valence-electron chi connectivity index (χ3n) is 3.60. The molecule has 104 valence electrons. The van der Waals surface area contributed by atoms with Crippen LogP contribution in [0.1, 0.15) is 38.2 Å². The summed E-state index contributed by atoms with van der Waals surface area (Å²) >= 11 is 0. The highest BCUT2D eigenvalue weighted by Gasteiger charge is 2.26. The summed E-state index contributed by atoms with van der Waals surface area (Å²) in [7, 11) is 0. The molecule has 2 aromatic rings. The van der Waals surface area contributed by atoms with E-state index in [9.17, 15) is 4.79 Å². The van der Waals surface area contributed by atoms with E-state index in [1.165, 1.54) is 0 Å². The van der Waals surface area contributed by atoms with Crippen molar-refractivity contribution in [1.29, 1.82) is 0 Å². The van der Waals surface area contributed by atoms with Gasteiger partial charge in [-0.3, -0.25) is 4.79 Å². The zero-order valence-corrected chi connectivity index (χ0v) is 11.8. The maximum absolute atomic E-state index is 11.7. The molecule has 1 aromatic heterocycles. The third-order valence-corrected chi connectivity index (χ3v) is 3.60. The number of hydrogen-bond donors (Lipinski definition) is 1. The molecule has 1 aliphatic heterocycles. The van der Waals surface area contributed by atoms with E-state index in [-0.39, 0.29) is 11.8 Å². The Morgan fingerprint density at radius 3 is 2.85 bits per heavy atom. The lowest BCUT2D eigenvalue weighted by Crippen LogP contribution is -2.23. The van der Waals surface area contributed by atoms with E-state index in [0.29, 0.717) is 24.7 Å². The van der Waals surface area contributed by atoms with Crippen LogP contribution in [0.5, 0.6) is 5.88 Å². The van der Waals surface area contributed by atoms with Gasteiger partial charge < -0.3 is 10.1 Å². The molecule has 1 atom stereocenters. The molecule has 1 aliphatic rings. The summed E-state index contributed by atoms with van der Waals surface area (Å²) in [5.41, 5.74) is 1.11. The number of carbonyl (C=O) groups is 1. The van der Waals surface area contributed by atoms with Crippen LogP contribution in [-0.4, -0.2) is 17.5 Å². The molecule has 0 spiro atoms. The largest absolute Gasteiger partial charge is 0.477 e. The average molecular weight is 270 g/mol. The zero-order chi connectivity index (χ0) is 14.1. The van der Waals surface area contributed by atoms with Gasteiger partial charge in [0, 0.05) is 17.4 Å². The van der Waals surface area contributed by atoms with Crippen LogP contribution in [0, 0.1) is 0 Å². The Morgan fingerprint density at radius 2 is 2.10 bits per heavy atom. The molecular weight excluding hydrogens is 252 g/mol. The van der Waals surface area contributed by atoms with E-state index >= 15 is 0 Å². The molecule has 1 amide bonds. The topological polar surface area (TPSA) is 51.2 Å². The maximum Gasteiger partial charge on any atom is 0.226 e. The lowest BCUT2D eigenvalue weighted by Gasteiger charge is -2.24. The number of hydrogen-bond acceptors (Lipinski definition) is 3. The number of fused-ring (bicyclic) bond motifs is 3. The number of aromatic nitrogens is 1. The normalized spacial score (nSPS) is 17.7. The van der Waals surface area contributed by atoms with Crippen LogP contribution in [0.25, 0.3) is 10.8 Å². The standard InChI is InChI=1S/C16H18N2O2/c1-3-8-20-16-12-7-5-4-6-11(12)14-10(2)9-13(19)17-15(14)18-16/h4-7,10H,3,8-9H2,1-2H3,(H,17,18,19). The first kappa shape index (κ1) is 12.9. The number of benzene rings is 1. The zero-order valence-electron chi connectivity index (χ0n) is 11.8. The summed E-state index contributed by atoms with van der Waals surface area (Å²) < 4.78 is 5.74. The summed E-state index contributed by atoms with van der Waals surface area (Å²) in [6, 6.07) is 8.09. The highest BCUT2D eigenvalue weighted by molar-refractivity contribution is 6.01. The monoisotopic (exact) mass is 270 g/mol. The molecule has 4 nitrogen and oxygen atoms in total. The van der Waals surface area contributed by atoms with Crippen molar-refractivity contribution in [3.63, 3.8) is 0 Å². The highest BCUT2D eigenvalue weighted by atomic mass is 16.5. The fourth-order valence-corrected chi connectivity index (χ4v) is 2.72. The second-order valence-electron chi connectivity index (χ2n) is 5.23. The summed E-state index contributed by atoms with van der Waals surface area (Å²) in [6.07, 6.45) is 1.43. The Balaban J connectivity index is 2.22. The van der Waals surface area contributed by atoms with E-state index in [2.05, 4.69) is 30.2 Å². The molecule has 0 aliphatic carbocycles. The minimum Gasteiger partial charge on any atom is -0.477 e. The predicted molar refractivity (Wildman–Crippen MR) is 79.2 cm³/mol. The van der Waals surface area contributed by atoms with Gasteiger partial charge in [-0.25, -0.2) is 0 Å². The number of nitrogens with one attached hydrogen (secondary N) is 1. The van der Waals surface area contributed by atoms with E-state index in [1.807, 2.05) is 18.2 Å². The van der Waals surface area contributed by atoms with Crippen molar-refractivity contribution >= 4 is 22.5 Å². The van der Waals surface area contributed by atoms with Crippen LogP contribution in [0.15, 0.2) is 24.3 Å². The minimum atomic E-state index is 0.0224. The average Bonchev–Trinajstić information content (AvgIpc) is 2.43. The summed E-state index contributed by atoms with van der Waals surface area (Å²) in [6.45, 7) is 4.75. The van der Waals surface area contributed by atoms with Crippen molar-refractivity contribution in [3.8, 4) is 5.88 Å². The SMILES string of the molecule is CCCOc1nc2c(c3ccccc13)C(C)CC(=O)N2. The van der Waals surface area contributed by atoms with Gasteiger partial charge in [0.25, 0.3) is 0 Å². The lowest BCUT2D eigenvalue weighted by atomic mass is 9.90. The van der Waals surface area contributed by atoms with Crippen molar-refractivity contribution in [2.75, 3.05) is 11.9 Å². The van der Waals surface area contributed by atoms with Crippen molar-refractivity contribution in [2.45, 2.75) is 32.6 Å². The fraction of sp³-hybridized carbons (Fsp3) is 0.375. The van der Waals surface area contributed by atoms with Gasteiger partial charge in [0.1, 0.15) is 5.82 Å². The van der Waals surface area contributed by atoms with Crippen LogP contribution in [0.4, 0.5) is 5.82 Å². The molecule has 1 aromatic carbocycles. The van der Waals surface area contributed by atoms with Crippen LogP contribution in [0.3, 0.4) is 0 Å². The number of amides is 1. The number of ether oxygens (including phenoxy) is 1. The second-order valence-corrected chi connectivity index (χ2v) is 5.23. The maximum atomic E-state index is 11.7. The van der Waals surface area contributed by atoms with Crippen LogP contribution in [-0.2, 0) is 4.79 Å². The van der Waals surface area contributed by atoms with Gasteiger partial charge in [-0.2, -0.15) is 4.98 Å². The van der Waals surface area contributed by atoms with E-state index in [4.69, 9.17) is 4.74 Å². The van der Waals surface area contributed by atoms with Crippen LogP contribution >= 0.6 is 0 Å². The summed E-state index contributed by atoms with van der Waals surface area (Å²) in [5, 5.41) is 5.01. The second kappa shape index (κ2) is 5.12. The Labute approximate surface area is 118 Å². The van der Waals surface area contributed by atoms with Gasteiger partial charge >= 0.3 is 0 Å². The van der Waals surface area contributed by atoms with Gasteiger partial charge in [0.2, 0.25) is 11.8 Å². The smallest absolute Gasteiger partial charge is 0.226 e. The summed E-state index contributed by atoms with van der Waals surface area (Å²) in [4.78, 5) is 16.2. The molecule has 0 radical (unpaired) electrons. The van der Waals surface area contributed by atoms with Crippen molar-refractivity contribution in [3.05, 3.63) is 29.8 Å². The molecule has 0 bridgehead atoms. The van der Waals surface area contributed by atoms with Crippen molar-refractivity contribution in [2.24, 2.45) is 0 Å². The summed E-state index contributed by atoms with van der Waals surface area (Å²) in [5.74, 6) is 1.46. The molecule has 20 heavy (non-hydrogen) atoms. The van der Waals surface area contributed by atoms with Gasteiger partial charge in [-0.05, 0) is 23.8 Å². The first-order valence-electron chi connectivity index (χ1n) is 7.06. The Morgan fingerprint density at radius 1 is 1.35 bits per heavy atom. The van der Waals surface area contributed by atoms with Gasteiger partial charge in [-0.15, -0.1) is 0 Å². The van der Waals surface area contributed by atoms with Gasteiger partial charge in [0.15, 0.2) is 0 Å². The molecule has 3 rings (SSSR count). The molecule has 0 fully saturated rings. The number of rotatable bonds is 3. The van der Waals surface area contributed by atoms with E-state index in [1.54, 1.807) is 0 Å².